The van der Waals surface area contributed by atoms with Crippen LogP contribution in [-0.2, 0) is 9.59 Å². The van der Waals surface area contributed by atoms with E-state index in [0.29, 0.717) is 11.3 Å². The first-order chi connectivity index (χ1) is 11.8. The average Bonchev–Trinajstić information content (AvgIpc) is 2.54. The fraction of sp³-hybridized carbons (Fsp3) is 0.118. The molecule has 0 heterocycles. The predicted octanol–water partition coefficient (Wildman–Crippen LogP) is 2.30. The molecule has 2 aromatic carbocycles. The number of nitrogens with one attached hydrogen (secondary N) is 2. The molecule has 2 rings (SSSR count). The van der Waals surface area contributed by atoms with Gasteiger partial charge in [0.1, 0.15) is 0 Å². The van der Waals surface area contributed by atoms with Crippen LogP contribution in [0.3, 0.4) is 0 Å². The maximum atomic E-state index is 11.8. The van der Waals surface area contributed by atoms with Gasteiger partial charge in [-0.05, 0) is 54.8 Å². The Balaban J connectivity index is 1.92. The monoisotopic (exact) mass is 340 g/mol. The average molecular weight is 340 g/mol. The summed E-state index contributed by atoms with van der Waals surface area (Å²) in [4.78, 5) is 33.6. The van der Waals surface area contributed by atoms with Crippen LogP contribution in [0, 0.1) is 24.0 Å². The summed E-state index contributed by atoms with van der Waals surface area (Å²) >= 11 is 0. The molecule has 0 saturated carbocycles. The Hall–Kier alpha value is -3.55. The molecule has 2 aromatic rings. The van der Waals surface area contributed by atoms with Crippen LogP contribution in [0.1, 0.15) is 16.7 Å². The number of aryl methyl sites for hydroxylation is 2. The summed E-state index contributed by atoms with van der Waals surface area (Å²) in [6.45, 7) is 3.77. The van der Waals surface area contributed by atoms with E-state index in [4.69, 9.17) is 0 Å². The van der Waals surface area contributed by atoms with Gasteiger partial charge in [0, 0.05) is 17.8 Å². The zero-order chi connectivity index (χ0) is 18.4. The molecule has 0 bridgehead atoms. The zero-order valence-corrected chi connectivity index (χ0v) is 13.6. The molecule has 0 unspecified atom stereocenters. The lowest BCUT2D eigenvalue weighted by Crippen LogP contribution is -2.32. The number of nitro benzene ring substituents is 1. The van der Waals surface area contributed by atoms with Crippen molar-refractivity contribution in [2.24, 2.45) is 5.10 Å². The minimum absolute atomic E-state index is 0.0472. The lowest BCUT2D eigenvalue weighted by Gasteiger charge is -2.06. The van der Waals surface area contributed by atoms with E-state index in [9.17, 15) is 19.7 Å². The third kappa shape index (κ3) is 5.24. The highest BCUT2D eigenvalue weighted by atomic mass is 16.6. The van der Waals surface area contributed by atoms with E-state index in [1.807, 2.05) is 19.9 Å². The Morgan fingerprint density at radius 1 is 1.04 bits per heavy atom. The van der Waals surface area contributed by atoms with E-state index < -0.39 is 16.7 Å². The topological polar surface area (TPSA) is 114 Å². The highest BCUT2D eigenvalue weighted by molar-refractivity contribution is 6.39. The molecule has 2 amide bonds. The first kappa shape index (κ1) is 17.8. The van der Waals surface area contributed by atoms with Crippen molar-refractivity contribution in [1.29, 1.82) is 0 Å². The molecule has 8 nitrogen and oxygen atoms in total. The van der Waals surface area contributed by atoms with Crippen LogP contribution >= 0.6 is 0 Å². The van der Waals surface area contributed by atoms with Crippen molar-refractivity contribution in [3.05, 3.63) is 69.3 Å². The molecular formula is C17H16N4O4. The third-order valence-corrected chi connectivity index (χ3v) is 3.17. The number of benzene rings is 2. The van der Waals surface area contributed by atoms with E-state index in [1.165, 1.54) is 30.5 Å². The molecule has 0 aliphatic rings. The van der Waals surface area contributed by atoms with Gasteiger partial charge in [0.2, 0.25) is 0 Å². The summed E-state index contributed by atoms with van der Waals surface area (Å²) in [5.41, 5.74) is 5.05. The fourth-order valence-electron chi connectivity index (χ4n) is 2.13. The Kier molecular flexibility index (Phi) is 5.57. The minimum Gasteiger partial charge on any atom is -0.318 e. The van der Waals surface area contributed by atoms with Gasteiger partial charge in [-0.2, -0.15) is 5.10 Å². The molecule has 128 valence electrons. The Morgan fingerprint density at radius 3 is 2.20 bits per heavy atom. The summed E-state index contributed by atoms with van der Waals surface area (Å²) in [5.74, 6) is -1.76. The molecule has 0 aliphatic carbocycles. The summed E-state index contributed by atoms with van der Waals surface area (Å²) < 4.78 is 0. The van der Waals surface area contributed by atoms with Gasteiger partial charge in [0.05, 0.1) is 11.1 Å². The highest BCUT2D eigenvalue weighted by Gasteiger charge is 2.13. The Labute approximate surface area is 143 Å². The number of rotatable bonds is 4. The van der Waals surface area contributed by atoms with Crippen LogP contribution < -0.4 is 10.7 Å². The SMILES string of the molecule is Cc1cc(C)cc(NC(=O)C(=O)N/N=C/c2ccc([N+](=O)[O-])cc2)c1. The minimum atomic E-state index is -0.919. The standard InChI is InChI=1S/C17H16N4O4/c1-11-7-12(2)9-14(8-11)19-16(22)17(23)20-18-10-13-3-5-15(6-4-13)21(24)25/h3-10H,1-2H3,(H,19,22)(H,20,23)/b18-10+. The largest absolute Gasteiger partial charge is 0.329 e. The number of nitro groups is 1. The number of anilines is 1. The van der Waals surface area contributed by atoms with Gasteiger partial charge in [-0.3, -0.25) is 19.7 Å². The van der Waals surface area contributed by atoms with Gasteiger partial charge in [0.25, 0.3) is 5.69 Å². The van der Waals surface area contributed by atoms with Gasteiger partial charge in [-0.1, -0.05) is 6.07 Å². The quantitative estimate of drug-likeness (QED) is 0.385. The molecule has 0 fully saturated rings. The molecule has 0 spiro atoms. The van der Waals surface area contributed by atoms with Gasteiger partial charge < -0.3 is 5.32 Å². The normalized spacial score (nSPS) is 10.5. The van der Waals surface area contributed by atoms with E-state index in [1.54, 1.807) is 12.1 Å². The Morgan fingerprint density at radius 2 is 1.64 bits per heavy atom. The molecule has 0 atom stereocenters. The lowest BCUT2D eigenvalue weighted by molar-refractivity contribution is -0.384. The number of carbonyl (C=O) groups excluding carboxylic acids is 2. The maximum absolute atomic E-state index is 11.8. The van der Waals surface area contributed by atoms with Gasteiger partial charge in [-0.15, -0.1) is 0 Å². The van der Waals surface area contributed by atoms with Crippen molar-refractivity contribution in [1.82, 2.24) is 5.43 Å². The number of amides is 2. The van der Waals surface area contributed by atoms with E-state index in [2.05, 4.69) is 15.8 Å². The molecular weight excluding hydrogens is 324 g/mol. The van der Waals surface area contributed by atoms with Crippen molar-refractivity contribution in [3.63, 3.8) is 0 Å². The molecule has 0 radical (unpaired) electrons. The van der Waals surface area contributed by atoms with Crippen LogP contribution in [-0.4, -0.2) is 23.0 Å². The van der Waals surface area contributed by atoms with E-state index >= 15 is 0 Å². The summed E-state index contributed by atoms with van der Waals surface area (Å²) in [6.07, 6.45) is 1.28. The zero-order valence-electron chi connectivity index (χ0n) is 13.6. The molecule has 2 N–H and O–H groups in total. The molecule has 25 heavy (non-hydrogen) atoms. The molecule has 0 aliphatic heterocycles. The number of carbonyl (C=O) groups is 2. The lowest BCUT2D eigenvalue weighted by atomic mass is 10.1. The Bertz CT molecular complexity index is 824. The van der Waals surface area contributed by atoms with Crippen molar-refractivity contribution >= 4 is 29.4 Å². The highest BCUT2D eigenvalue weighted by Crippen LogP contribution is 2.13. The van der Waals surface area contributed by atoms with Crippen molar-refractivity contribution in [3.8, 4) is 0 Å². The van der Waals surface area contributed by atoms with Gasteiger partial charge >= 0.3 is 11.8 Å². The van der Waals surface area contributed by atoms with Crippen LogP contribution in [0.2, 0.25) is 0 Å². The van der Waals surface area contributed by atoms with Crippen molar-refractivity contribution in [2.45, 2.75) is 13.8 Å². The van der Waals surface area contributed by atoms with E-state index in [-0.39, 0.29) is 5.69 Å². The van der Waals surface area contributed by atoms with E-state index in [0.717, 1.165) is 11.1 Å². The third-order valence-electron chi connectivity index (χ3n) is 3.17. The summed E-state index contributed by atoms with van der Waals surface area (Å²) in [5, 5.41) is 16.7. The number of hydrazone groups is 1. The number of non-ortho nitro benzene ring substituents is 1. The van der Waals surface area contributed by atoms with Crippen LogP contribution in [0.25, 0.3) is 0 Å². The van der Waals surface area contributed by atoms with Crippen LogP contribution in [0.5, 0.6) is 0 Å². The predicted molar refractivity (Wildman–Crippen MR) is 93.4 cm³/mol. The molecule has 8 heteroatoms. The molecule has 0 aromatic heterocycles. The van der Waals surface area contributed by atoms with Crippen molar-refractivity contribution < 1.29 is 14.5 Å². The second-order valence-electron chi connectivity index (χ2n) is 5.38. The summed E-state index contributed by atoms with van der Waals surface area (Å²) in [6, 6.07) is 11.0. The van der Waals surface area contributed by atoms with Crippen LogP contribution in [0.4, 0.5) is 11.4 Å². The van der Waals surface area contributed by atoms with Crippen LogP contribution in [0.15, 0.2) is 47.6 Å². The number of hydrogen-bond donors (Lipinski definition) is 2. The smallest absolute Gasteiger partial charge is 0.318 e. The van der Waals surface area contributed by atoms with Crippen molar-refractivity contribution in [2.75, 3.05) is 5.32 Å². The maximum Gasteiger partial charge on any atom is 0.329 e. The number of nitrogens with zero attached hydrogens (tertiary/aromatic N) is 2. The van der Waals surface area contributed by atoms with Gasteiger partial charge in [0.15, 0.2) is 0 Å². The fourth-order valence-corrected chi connectivity index (χ4v) is 2.13. The number of hydrogen-bond acceptors (Lipinski definition) is 5. The van der Waals surface area contributed by atoms with Gasteiger partial charge in [-0.25, -0.2) is 5.43 Å². The first-order valence-electron chi connectivity index (χ1n) is 7.32. The summed E-state index contributed by atoms with van der Waals surface area (Å²) in [7, 11) is 0. The second-order valence-corrected chi connectivity index (χ2v) is 5.38. The second kappa shape index (κ2) is 7.82. The first-order valence-corrected chi connectivity index (χ1v) is 7.32. The molecule has 0 saturated heterocycles.